The van der Waals surface area contributed by atoms with Gasteiger partial charge in [-0.15, -0.1) is 0 Å². The molecule has 2 aliphatic heterocycles. The molecule has 2 heterocycles. The highest BCUT2D eigenvalue weighted by atomic mass is 16.7. The third kappa shape index (κ3) is 3.24. The zero-order valence-corrected chi connectivity index (χ0v) is 16.7. The van der Waals surface area contributed by atoms with Crippen molar-refractivity contribution in [2.45, 2.75) is 13.8 Å². The largest absolute Gasteiger partial charge is 0.465 e. The van der Waals surface area contributed by atoms with E-state index in [1.165, 1.54) is 18.9 Å². The summed E-state index contributed by atoms with van der Waals surface area (Å²) in [6, 6.07) is 12.0. The monoisotopic (exact) mass is 405 g/mol. The summed E-state index contributed by atoms with van der Waals surface area (Å²) in [5.41, 5.74) is 2.46. The molecule has 0 bridgehead atoms. The van der Waals surface area contributed by atoms with E-state index >= 15 is 0 Å². The van der Waals surface area contributed by atoms with Crippen LogP contribution in [0.5, 0.6) is 11.5 Å². The molecule has 152 valence electrons. The summed E-state index contributed by atoms with van der Waals surface area (Å²) in [4.78, 5) is 39.0. The van der Waals surface area contributed by atoms with Crippen LogP contribution in [0.15, 0.2) is 59.3 Å². The van der Waals surface area contributed by atoms with Gasteiger partial charge in [-0.25, -0.2) is 4.79 Å². The van der Waals surface area contributed by atoms with Gasteiger partial charge < -0.3 is 14.2 Å². The van der Waals surface area contributed by atoms with Crippen LogP contribution in [-0.2, 0) is 14.3 Å². The predicted octanol–water partition coefficient (Wildman–Crippen LogP) is 3.50. The fourth-order valence-corrected chi connectivity index (χ4v) is 3.52. The first-order valence-corrected chi connectivity index (χ1v) is 9.27. The van der Waals surface area contributed by atoms with Gasteiger partial charge in [0.1, 0.15) is 0 Å². The topological polar surface area (TPSA) is 82.1 Å². The maximum Gasteiger partial charge on any atom is 0.340 e. The van der Waals surface area contributed by atoms with E-state index in [0.29, 0.717) is 34.0 Å². The zero-order valence-electron chi connectivity index (χ0n) is 16.7. The standard InChI is InChI=1S/C23H19NO6/c1-13-21(23(27)28-3)18(9-15-7-8-19-20(10-15)30-12-29-19)22(26)24(13)17-6-4-5-16(11-17)14(2)25/h4-11H,12H2,1-3H3/b18-9-. The molecule has 2 aromatic carbocycles. The van der Waals surface area contributed by atoms with Crippen molar-refractivity contribution in [3.63, 3.8) is 0 Å². The molecule has 0 saturated carbocycles. The Hall–Kier alpha value is -3.87. The average Bonchev–Trinajstić information content (AvgIpc) is 3.29. The Morgan fingerprint density at radius 1 is 1.10 bits per heavy atom. The molecule has 0 aliphatic carbocycles. The van der Waals surface area contributed by atoms with Gasteiger partial charge in [-0.05, 0) is 49.8 Å². The summed E-state index contributed by atoms with van der Waals surface area (Å²) < 4.78 is 15.6. The molecule has 0 saturated heterocycles. The van der Waals surface area contributed by atoms with Gasteiger partial charge in [0.05, 0.1) is 18.3 Å². The minimum Gasteiger partial charge on any atom is -0.465 e. The number of anilines is 1. The second kappa shape index (κ2) is 7.51. The highest BCUT2D eigenvalue weighted by Crippen LogP contribution is 2.37. The van der Waals surface area contributed by atoms with Crippen molar-refractivity contribution in [1.82, 2.24) is 0 Å². The fraction of sp³-hybridized carbons (Fsp3) is 0.174. The number of rotatable bonds is 4. The zero-order chi connectivity index (χ0) is 21.4. The number of ether oxygens (including phenoxy) is 3. The predicted molar refractivity (Wildman–Crippen MR) is 109 cm³/mol. The lowest BCUT2D eigenvalue weighted by Crippen LogP contribution is -2.24. The van der Waals surface area contributed by atoms with E-state index in [1.807, 2.05) is 0 Å². The van der Waals surface area contributed by atoms with Crippen molar-refractivity contribution in [2.75, 3.05) is 18.8 Å². The smallest absolute Gasteiger partial charge is 0.340 e. The van der Waals surface area contributed by atoms with Gasteiger partial charge in [-0.2, -0.15) is 0 Å². The lowest BCUT2D eigenvalue weighted by molar-refractivity contribution is -0.136. The Kier molecular flexibility index (Phi) is 4.87. The van der Waals surface area contributed by atoms with Crippen LogP contribution in [0.3, 0.4) is 0 Å². The highest BCUT2D eigenvalue weighted by Gasteiger charge is 2.38. The van der Waals surface area contributed by atoms with Crippen molar-refractivity contribution in [3.05, 3.63) is 70.4 Å². The van der Waals surface area contributed by atoms with E-state index in [4.69, 9.17) is 14.2 Å². The number of nitrogens with zero attached hydrogens (tertiary/aromatic N) is 1. The Morgan fingerprint density at radius 3 is 2.60 bits per heavy atom. The summed E-state index contributed by atoms with van der Waals surface area (Å²) in [5, 5.41) is 0. The molecule has 4 rings (SSSR count). The molecular formula is C23H19NO6. The number of allylic oxidation sites excluding steroid dienone is 1. The summed E-state index contributed by atoms with van der Waals surface area (Å²) in [5.74, 6) is 0.0809. The van der Waals surface area contributed by atoms with Crippen LogP contribution in [0.4, 0.5) is 5.69 Å². The normalized spacial score (nSPS) is 16.4. The van der Waals surface area contributed by atoms with E-state index in [9.17, 15) is 14.4 Å². The van der Waals surface area contributed by atoms with Crippen LogP contribution < -0.4 is 14.4 Å². The van der Waals surface area contributed by atoms with Gasteiger partial charge >= 0.3 is 5.97 Å². The minimum atomic E-state index is -0.613. The van der Waals surface area contributed by atoms with Crippen LogP contribution in [0.2, 0.25) is 0 Å². The molecule has 0 unspecified atom stereocenters. The number of hydrogen-bond donors (Lipinski definition) is 0. The van der Waals surface area contributed by atoms with Crippen LogP contribution in [-0.4, -0.2) is 31.6 Å². The third-order valence-corrected chi connectivity index (χ3v) is 5.01. The Bertz CT molecular complexity index is 1140. The van der Waals surface area contributed by atoms with Gasteiger partial charge in [0.25, 0.3) is 5.91 Å². The van der Waals surface area contributed by atoms with Crippen molar-refractivity contribution in [3.8, 4) is 11.5 Å². The van der Waals surface area contributed by atoms with E-state index in [0.717, 1.165) is 0 Å². The van der Waals surface area contributed by atoms with E-state index in [1.54, 1.807) is 55.5 Å². The quantitative estimate of drug-likeness (QED) is 0.440. The first-order valence-electron chi connectivity index (χ1n) is 9.27. The maximum atomic E-state index is 13.3. The lowest BCUT2D eigenvalue weighted by atomic mass is 10.0. The molecule has 0 N–H and O–H groups in total. The minimum absolute atomic E-state index is 0.116. The lowest BCUT2D eigenvalue weighted by Gasteiger charge is -2.18. The Morgan fingerprint density at radius 2 is 1.87 bits per heavy atom. The summed E-state index contributed by atoms with van der Waals surface area (Å²) in [6.45, 7) is 3.27. The molecule has 0 atom stereocenters. The summed E-state index contributed by atoms with van der Waals surface area (Å²) >= 11 is 0. The van der Waals surface area contributed by atoms with Crippen LogP contribution in [0.1, 0.15) is 29.8 Å². The fourth-order valence-electron chi connectivity index (χ4n) is 3.52. The highest BCUT2D eigenvalue weighted by molar-refractivity contribution is 6.24. The second-order valence-electron chi connectivity index (χ2n) is 6.87. The summed E-state index contributed by atoms with van der Waals surface area (Å²) in [6.07, 6.45) is 1.62. The van der Waals surface area contributed by atoms with Gasteiger partial charge in [0.15, 0.2) is 17.3 Å². The summed E-state index contributed by atoms with van der Waals surface area (Å²) in [7, 11) is 1.27. The number of benzene rings is 2. The van der Waals surface area contributed by atoms with Gasteiger partial charge in [0, 0.05) is 16.9 Å². The molecule has 0 aromatic heterocycles. The van der Waals surface area contributed by atoms with Crippen LogP contribution in [0.25, 0.3) is 6.08 Å². The molecule has 2 aromatic rings. The van der Waals surface area contributed by atoms with E-state index in [-0.39, 0.29) is 29.6 Å². The number of hydrogen-bond acceptors (Lipinski definition) is 6. The molecule has 30 heavy (non-hydrogen) atoms. The van der Waals surface area contributed by atoms with Gasteiger partial charge in [-0.1, -0.05) is 18.2 Å². The maximum absolute atomic E-state index is 13.3. The van der Waals surface area contributed by atoms with Gasteiger partial charge in [0.2, 0.25) is 6.79 Å². The third-order valence-electron chi connectivity index (χ3n) is 5.01. The second-order valence-corrected chi connectivity index (χ2v) is 6.87. The molecule has 7 nitrogen and oxygen atoms in total. The van der Waals surface area contributed by atoms with Gasteiger partial charge in [-0.3, -0.25) is 14.5 Å². The van der Waals surface area contributed by atoms with Crippen molar-refractivity contribution in [2.24, 2.45) is 0 Å². The first kappa shape index (κ1) is 19.4. The van der Waals surface area contributed by atoms with Crippen molar-refractivity contribution in [1.29, 1.82) is 0 Å². The van der Waals surface area contributed by atoms with Crippen molar-refractivity contribution >= 4 is 29.4 Å². The Labute approximate surface area is 173 Å². The molecule has 0 spiro atoms. The van der Waals surface area contributed by atoms with E-state index in [2.05, 4.69) is 0 Å². The molecular weight excluding hydrogens is 386 g/mol. The number of carbonyl (C=O) groups is 3. The number of methoxy groups -OCH3 is 1. The number of esters is 1. The average molecular weight is 405 g/mol. The number of carbonyl (C=O) groups excluding carboxylic acids is 3. The Balaban J connectivity index is 1.81. The van der Waals surface area contributed by atoms with Crippen LogP contribution >= 0.6 is 0 Å². The molecule has 0 fully saturated rings. The molecule has 1 amide bonds. The van der Waals surface area contributed by atoms with E-state index < -0.39 is 5.97 Å². The molecule has 7 heteroatoms. The molecule has 0 radical (unpaired) electrons. The first-order chi connectivity index (χ1) is 14.4. The number of fused-ring (bicyclic) bond motifs is 1. The van der Waals surface area contributed by atoms with Crippen molar-refractivity contribution < 1.29 is 28.6 Å². The molecule has 2 aliphatic rings. The number of ketones is 1. The number of Topliss-reactive ketones (excluding diaryl/α,β-unsaturated/α-hetero) is 1. The SMILES string of the molecule is COC(=O)C1=C(C)N(c2cccc(C(C)=O)c2)C(=O)/C1=C\c1ccc2c(c1)OCO2. The number of amides is 1. The van der Waals surface area contributed by atoms with Crippen LogP contribution in [0, 0.1) is 0 Å².